The maximum Gasteiger partial charge on any atom is 0.0774 e. The van der Waals surface area contributed by atoms with Gasteiger partial charge in [-0.3, -0.25) is 0 Å². The summed E-state index contributed by atoms with van der Waals surface area (Å²) in [5.74, 6) is 0.500. The van der Waals surface area contributed by atoms with Gasteiger partial charge >= 0.3 is 0 Å². The predicted molar refractivity (Wildman–Crippen MR) is 69.8 cm³/mol. The maximum absolute atomic E-state index is 9.21. The van der Waals surface area contributed by atoms with Gasteiger partial charge < -0.3 is 5.11 Å². The Bertz CT molecular complexity index is 457. The van der Waals surface area contributed by atoms with Crippen LogP contribution in [0.1, 0.15) is 29.5 Å². The summed E-state index contributed by atoms with van der Waals surface area (Å²) in [7, 11) is 0. The molecule has 0 spiro atoms. The number of thiophene rings is 1. The van der Waals surface area contributed by atoms with Crippen molar-refractivity contribution in [2.75, 3.05) is 0 Å². The van der Waals surface area contributed by atoms with E-state index in [1.165, 1.54) is 16.0 Å². The molecule has 0 unspecified atom stereocenters. The van der Waals surface area contributed by atoms with Gasteiger partial charge in [0.2, 0.25) is 0 Å². The van der Waals surface area contributed by atoms with Crippen molar-refractivity contribution in [3.05, 3.63) is 46.2 Å². The fourth-order valence-corrected chi connectivity index (χ4v) is 2.85. The first-order valence-corrected chi connectivity index (χ1v) is 6.33. The molecule has 0 fully saturated rings. The molecule has 0 aliphatic heterocycles. The van der Waals surface area contributed by atoms with Crippen LogP contribution in [0.3, 0.4) is 0 Å². The molecule has 0 aliphatic carbocycles. The fraction of sp³-hybridized carbons (Fsp3) is 0.286. The van der Waals surface area contributed by atoms with Gasteiger partial charge in [0.25, 0.3) is 0 Å². The van der Waals surface area contributed by atoms with Gasteiger partial charge in [-0.15, -0.1) is 11.3 Å². The molecule has 0 saturated carbocycles. The Labute approximate surface area is 100 Å². The van der Waals surface area contributed by atoms with Gasteiger partial charge in [0.1, 0.15) is 0 Å². The number of benzene rings is 1. The van der Waals surface area contributed by atoms with Crippen molar-refractivity contribution in [2.45, 2.75) is 26.4 Å². The minimum absolute atomic E-state index is 0.136. The van der Waals surface area contributed by atoms with Crippen LogP contribution in [0.25, 0.3) is 11.1 Å². The van der Waals surface area contributed by atoms with Gasteiger partial charge in [0, 0.05) is 9.75 Å². The lowest BCUT2D eigenvalue weighted by Gasteiger charge is -2.06. The lowest BCUT2D eigenvalue weighted by atomic mass is 10.0. The van der Waals surface area contributed by atoms with Crippen LogP contribution in [-0.2, 0) is 6.61 Å². The molecule has 84 valence electrons. The summed E-state index contributed by atoms with van der Waals surface area (Å²) in [5, 5.41) is 9.21. The Morgan fingerprint density at radius 3 is 2.44 bits per heavy atom. The van der Waals surface area contributed by atoms with E-state index in [0.29, 0.717) is 5.92 Å². The maximum atomic E-state index is 9.21. The summed E-state index contributed by atoms with van der Waals surface area (Å²) in [4.78, 5) is 2.40. The van der Waals surface area contributed by atoms with Crippen molar-refractivity contribution in [1.29, 1.82) is 0 Å². The topological polar surface area (TPSA) is 20.2 Å². The molecule has 1 nitrogen and oxygen atoms in total. The molecule has 1 aromatic heterocycles. The van der Waals surface area contributed by atoms with E-state index in [9.17, 15) is 5.11 Å². The Hall–Kier alpha value is -1.12. The molecule has 0 saturated heterocycles. The molecule has 1 N–H and O–H groups in total. The number of aliphatic hydroxyl groups excluding tert-OH is 1. The lowest BCUT2D eigenvalue weighted by molar-refractivity contribution is 0.285. The molecule has 1 aromatic carbocycles. The molecule has 2 heteroatoms. The highest BCUT2D eigenvalue weighted by molar-refractivity contribution is 7.12. The van der Waals surface area contributed by atoms with Gasteiger partial charge in [-0.05, 0) is 23.1 Å². The van der Waals surface area contributed by atoms with Gasteiger partial charge in [0.05, 0.1) is 6.61 Å². The second-order valence-electron chi connectivity index (χ2n) is 4.17. The molecule has 2 rings (SSSR count). The first kappa shape index (κ1) is 11.4. The fourth-order valence-electron chi connectivity index (χ4n) is 1.81. The summed E-state index contributed by atoms with van der Waals surface area (Å²) in [6, 6.07) is 12.5. The van der Waals surface area contributed by atoms with E-state index in [1.54, 1.807) is 11.3 Å². The highest BCUT2D eigenvalue weighted by atomic mass is 32.1. The van der Waals surface area contributed by atoms with Crippen LogP contribution in [0.5, 0.6) is 0 Å². The summed E-state index contributed by atoms with van der Waals surface area (Å²) in [6.45, 7) is 4.52. The molecule has 0 atom stereocenters. The number of hydrogen-bond donors (Lipinski definition) is 1. The third-order valence-corrected chi connectivity index (χ3v) is 4.00. The van der Waals surface area contributed by atoms with Gasteiger partial charge in [-0.2, -0.15) is 0 Å². The molecule has 0 aliphatic rings. The van der Waals surface area contributed by atoms with Crippen LogP contribution in [0.15, 0.2) is 36.4 Å². The van der Waals surface area contributed by atoms with Crippen LogP contribution in [0.2, 0.25) is 0 Å². The van der Waals surface area contributed by atoms with Crippen molar-refractivity contribution in [3.63, 3.8) is 0 Å². The van der Waals surface area contributed by atoms with Gasteiger partial charge in [0.15, 0.2) is 0 Å². The molecular weight excluding hydrogens is 216 g/mol. The van der Waals surface area contributed by atoms with Crippen molar-refractivity contribution in [3.8, 4) is 11.1 Å². The third kappa shape index (κ3) is 2.18. The monoisotopic (exact) mass is 232 g/mol. The summed E-state index contributed by atoms with van der Waals surface area (Å²) >= 11 is 1.71. The Balaban J connectivity index is 2.51. The SMILES string of the molecule is CC(C)c1sc(CO)cc1-c1ccccc1. The van der Waals surface area contributed by atoms with Crippen LogP contribution in [0, 0.1) is 0 Å². The van der Waals surface area contributed by atoms with E-state index in [0.717, 1.165) is 4.88 Å². The molecule has 16 heavy (non-hydrogen) atoms. The van der Waals surface area contributed by atoms with Gasteiger partial charge in [-0.25, -0.2) is 0 Å². The minimum atomic E-state index is 0.136. The quantitative estimate of drug-likeness (QED) is 0.847. The Kier molecular flexibility index (Phi) is 3.42. The van der Waals surface area contributed by atoms with Crippen molar-refractivity contribution < 1.29 is 5.11 Å². The number of rotatable bonds is 3. The van der Waals surface area contributed by atoms with Crippen LogP contribution >= 0.6 is 11.3 Å². The van der Waals surface area contributed by atoms with E-state index in [1.807, 2.05) is 6.07 Å². The number of hydrogen-bond acceptors (Lipinski definition) is 2. The molecule has 2 aromatic rings. The third-order valence-electron chi connectivity index (χ3n) is 2.58. The minimum Gasteiger partial charge on any atom is -0.391 e. The molecular formula is C14H16OS. The van der Waals surface area contributed by atoms with E-state index in [-0.39, 0.29) is 6.61 Å². The van der Waals surface area contributed by atoms with Crippen LogP contribution < -0.4 is 0 Å². The van der Waals surface area contributed by atoms with Crippen molar-refractivity contribution in [1.82, 2.24) is 0 Å². The largest absolute Gasteiger partial charge is 0.391 e. The van der Waals surface area contributed by atoms with Gasteiger partial charge in [-0.1, -0.05) is 44.2 Å². The first-order chi connectivity index (χ1) is 7.72. The normalized spacial score (nSPS) is 11.0. The zero-order chi connectivity index (χ0) is 11.5. The summed E-state index contributed by atoms with van der Waals surface area (Å²) < 4.78 is 0. The predicted octanol–water partition coefficient (Wildman–Crippen LogP) is 4.03. The highest BCUT2D eigenvalue weighted by Gasteiger charge is 2.12. The zero-order valence-corrected chi connectivity index (χ0v) is 10.4. The second kappa shape index (κ2) is 4.81. The standard InChI is InChI=1S/C14H16OS/c1-10(2)14-13(8-12(9-15)16-14)11-6-4-3-5-7-11/h3-8,10,15H,9H2,1-2H3. The average molecular weight is 232 g/mol. The van der Waals surface area contributed by atoms with Crippen molar-refractivity contribution in [2.24, 2.45) is 0 Å². The lowest BCUT2D eigenvalue weighted by Crippen LogP contribution is -1.85. The Morgan fingerprint density at radius 1 is 1.19 bits per heavy atom. The molecule has 1 heterocycles. The number of aliphatic hydroxyl groups is 1. The molecule has 0 amide bonds. The highest BCUT2D eigenvalue weighted by Crippen LogP contribution is 2.36. The van der Waals surface area contributed by atoms with Crippen molar-refractivity contribution >= 4 is 11.3 Å². The van der Waals surface area contributed by atoms with E-state index in [2.05, 4.69) is 44.2 Å². The summed E-state index contributed by atoms with van der Waals surface area (Å²) in [6.07, 6.45) is 0. The summed E-state index contributed by atoms with van der Waals surface area (Å²) in [5.41, 5.74) is 2.51. The molecule has 0 radical (unpaired) electrons. The Morgan fingerprint density at radius 2 is 1.88 bits per heavy atom. The second-order valence-corrected chi connectivity index (χ2v) is 5.34. The zero-order valence-electron chi connectivity index (χ0n) is 9.60. The van der Waals surface area contributed by atoms with E-state index >= 15 is 0 Å². The van der Waals surface area contributed by atoms with Crippen LogP contribution in [-0.4, -0.2) is 5.11 Å². The van der Waals surface area contributed by atoms with E-state index < -0.39 is 0 Å². The molecule has 0 bridgehead atoms. The average Bonchev–Trinajstić information content (AvgIpc) is 2.74. The first-order valence-electron chi connectivity index (χ1n) is 5.51. The smallest absolute Gasteiger partial charge is 0.0774 e. The van der Waals surface area contributed by atoms with Crippen LogP contribution in [0.4, 0.5) is 0 Å². The van der Waals surface area contributed by atoms with E-state index in [4.69, 9.17) is 0 Å².